The first-order valence-electron chi connectivity index (χ1n) is 11.5. The molecule has 2 aromatic rings. The smallest absolute Gasteiger partial charge is 0.290 e. The number of amides is 3. The average Bonchev–Trinajstić information content (AvgIpc) is 3.39. The fourth-order valence-corrected chi connectivity index (χ4v) is 5.43. The highest BCUT2D eigenvalue weighted by Gasteiger charge is 2.59. The second-order valence-electron chi connectivity index (χ2n) is 8.69. The van der Waals surface area contributed by atoms with Gasteiger partial charge in [-0.2, -0.15) is 0 Å². The minimum atomic E-state index is -0.823. The number of hydrogen-bond acceptors (Lipinski definition) is 5. The maximum Gasteiger partial charge on any atom is 0.290 e. The minimum absolute atomic E-state index is 0.0266. The van der Waals surface area contributed by atoms with Gasteiger partial charge in [-0.1, -0.05) is 24.3 Å². The summed E-state index contributed by atoms with van der Waals surface area (Å²) in [6, 6.07) is 11.1. The number of carbonyl (C=O) groups excluding carboxylic acids is 3. The third-order valence-electron chi connectivity index (χ3n) is 6.92. The summed E-state index contributed by atoms with van der Waals surface area (Å²) in [6.45, 7) is 1.40. The molecule has 2 saturated heterocycles. The maximum absolute atomic E-state index is 13.4. The van der Waals surface area contributed by atoms with E-state index >= 15 is 0 Å². The summed E-state index contributed by atoms with van der Waals surface area (Å²) in [7, 11) is 0. The van der Waals surface area contributed by atoms with Crippen molar-refractivity contribution in [1.29, 1.82) is 0 Å². The van der Waals surface area contributed by atoms with Crippen molar-refractivity contribution in [3.63, 3.8) is 0 Å². The van der Waals surface area contributed by atoms with Crippen LogP contribution in [0, 0.1) is 0 Å². The van der Waals surface area contributed by atoms with E-state index < -0.39 is 11.5 Å². The summed E-state index contributed by atoms with van der Waals surface area (Å²) in [5.41, 5.74) is 1.79. The summed E-state index contributed by atoms with van der Waals surface area (Å²) in [5, 5.41) is 9.92. The van der Waals surface area contributed by atoms with Gasteiger partial charge in [0, 0.05) is 50.6 Å². The number of aromatic nitrogens is 1. The van der Waals surface area contributed by atoms with E-state index in [2.05, 4.69) is 10.3 Å². The number of benzene rings is 1. The first-order valence-corrected chi connectivity index (χ1v) is 11.5. The van der Waals surface area contributed by atoms with E-state index in [0.29, 0.717) is 25.9 Å². The van der Waals surface area contributed by atoms with E-state index in [1.807, 2.05) is 41.3 Å². The summed E-state index contributed by atoms with van der Waals surface area (Å²) in [5.74, 6) is 0.0372. The number of carbonyl (C=O) groups is 4. The topological polar surface area (TPSA) is 120 Å². The average molecular weight is 465 g/mol. The van der Waals surface area contributed by atoms with Gasteiger partial charge < -0.3 is 20.2 Å². The first kappa shape index (κ1) is 23.4. The van der Waals surface area contributed by atoms with Crippen LogP contribution in [-0.4, -0.2) is 63.7 Å². The number of rotatable bonds is 4. The zero-order chi connectivity index (χ0) is 24.1. The Balaban J connectivity index is 0.000000868. The zero-order valence-corrected chi connectivity index (χ0v) is 18.9. The zero-order valence-electron chi connectivity index (χ0n) is 18.9. The van der Waals surface area contributed by atoms with Gasteiger partial charge in [0.1, 0.15) is 5.41 Å². The fourth-order valence-electron chi connectivity index (χ4n) is 5.43. The lowest BCUT2D eigenvalue weighted by Gasteiger charge is -2.35. The number of nitrogens with zero attached hydrogens (tertiary/aromatic N) is 3. The lowest BCUT2D eigenvalue weighted by Crippen LogP contribution is -2.44. The molecule has 0 radical (unpaired) electrons. The molecule has 2 fully saturated rings. The van der Waals surface area contributed by atoms with E-state index in [-0.39, 0.29) is 30.6 Å². The van der Waals surface area contributed by atoms with Crippen molar-refractivity contribution in [3.05, 3.63) is 59.9 Å². The lowest BCUT2D eigenvalue weighted by atomic mass is 9.73. The molecule has 178 valence electrons. The van der Waals surface area contributed by atoms with Crippen LogP contribution in [0.3, 0.4) is 0 Å². The Labute approximate surface area is 197 Å². The quantitative estimate of drug-likeness (QED) is 0.671. The molecule has 0 aliphatic carbocycles. The summed E-state index contributed by atoms with van der Waals surface area (Å²) in [4.78, 5) is 55.1. The number of piperidine rings is 1. The van der Waals surface area contributed by atoms with Crippen molar-refractivity contribution < 1.29 is 24.3 Å². The summed E-state index contributed by atoms with van der Waals surface area (Å²) < 4.78 is 0. The largest absolute Gasteiger partial charge is 0.483 e. The van der Waals surface area contributed by atoms with Crippen molar-refractivity contribution in [1.82, 2.24) is 14.8 Å². The van der Waals surface area contributed by atoms with E-state index in [1.165, 1.54) is 0 Å². The van der Waals surface area contributed by atoms with Gasteiger partial charge in [0.15, 0.2) is 0 Å². The van der Waals surface area contributed by atoms with Crippen LogP contribution in [0.25, 0.3) is 0 Å². The Morgan fingerprint density at radius 1 is 1.18 bits per heavy atom. The van der Waals surface area contributed by atoms with Crippen LogP contribution in [0.15, 0.2) is 48.8 Å². The van der Waals surface area contributed by atoms with E-state index in [0.717, 1.165) is 36.2 Å². The van der Waals surface area contributed by atoms with Crippen molar-refractivity contribution >= 4 is 29.9 Å². The Morgan fingerprint density at radius 2 is 1.97 bits per heavy atom. The molecule has 2 atom stereocenters. The maximum atomic E-state index is 13.4. The van der Waals surface area contributed by atoms with Gasteiger partial charge in [0.05, 0.1) is 6.04 Å². The molecule has 1 aromatic heterocycles. The number of carboxylic acid groups (broad SMARTS) is 1. The number of fused-ring (bicyclic) bond motifs is 2. The van der Waals surface area contributed by atoms with Crippen molar-refractivity contribution in [2.24, 2.45) is 0 Å². The molecule has 1 aromatic carbocycles. The van der Waals surface area contributed by atoms with Crippen LogP contribution in [0.1, 0.15) is 49.3 Å². The number of anilines is 1. The standard InChI is InChI=1S/C24H26N4O3.CH2O2/c29-20-9-3-4-13-27(20)14-10-21(30)28-15-11-24(22(28)17-6-5-12-25-16-17)18-7-1-2-8-19(18)26-23(24)31;2-1-3/h1-2,5-8,12,16,22H,3-4,9-11,13-15H2,(H,26,31);1H,(H,2,3). The third-order valence-corrected chi connectivity index (χ3v) is 6.92. The van der Waals surface area contributed by atoms with Crippen molar-refractivity contribution in [3.8, 4) is 0 Å². The predicted molar refractivity (Wildman–Crippen MR) is 124 cm³/mol. The molecule has 0 saturated carbocycles. The molecule has 2 N–H and O–H groups in total. The molecule has 34 heavy (non-hydrogen) atoms. The van der Waals surface area contributed by atoms with Crippen molar-refractivity contribution in [2.45, 2.75) is 43.6 Å². The van der Waals surface area contributed by atoms with Crippen LogP contribution < -0.4 is 5.32 Å². The molecule has 3 aliphatic heterocycles. The monoisotopic (exact) mass is 464 g/mol. The lowest BCUT2D eigenvalue weighted by molar-refractivity contribution is -0.136. The number of para-hydroxylation sites is 1. The van der Waals surface area contributed by atoms with Gasteiger partial charge in [0.2, 0.25) is 17.7 Å². The Morgan fingerprint density at radius 3 is 2.71 bits per heavy atom. The molecule has 0 bridgehead atoms. The molecule has 3 aliphatic rings. The summed E-state index contributed by atoms with van der Waals surface area (Å²) in [6.07, 6.45) is 6.75. The molecular formula is C25H28N4O5. The highest BCUT2D eigenvalue weighted by molar-refractivity contribution is 6.07. The SMILES string of the molecule is O=C1CCCCN1CCC(=O)N1CCC2(C(=O)Nc3ccccc32)C1c1cccnc1.O=CO. The molecular weight excluding hydrogens is 436 g/mol. The highest BCUT2D eigenvalue weighted by Crippen LogP contribution is 2.54. The van der Waals surface area contributed by atoms with Gasteiger partial charge in [-0.25, -0.2) is 0 Å². The predicted octanol–water partition coefficient (Wildman–Crippen LogP) is 2.35. The Kier molecular flexibility index (Phi) is 6.90. The number of likely N-dealkylation sites (tertiary alicyclic amines) is 2. The molecule has 2 unspecified atom stereocenters. The molecule has 3 amide bonds. The van der Waals surface area contributed by atoms with E-state index in [9.17, 15) is 14.4 Å². The second-order valence-corrected chi connectivity index (χ2v) is 8.69. The Hall–Kier alpha value is -3.75. The molecule has 9 nitrogen and oxygen atoms in total. The van der Waals surface area contributed by atoms with E-state index in [1.54, 1.807) is 17.3 Å². The minimum Gasteiger partial charge on any atom is -0.483 e. The first-order chi connectivity index (χ1) is 16.5. The molecule has 5 rings (SSSR count). The third kappa shape index (κ3) is 4.13. The Bertz CT molecular complexity index is 1080. The van der Waals surface area contributed by atoms with Crippen LogP contribution in [-0.2, 0) is 24.6 Å². The molecule has 9 heteroatoms. The van der Waals surface area contributed by atoms with Crippen LogP contribution in [0.4, 0.5) is 5.69 Å². The van der Waals surface area contributed by atoms with Gasteiger partial charge in [-0.15, -0.1) is 0 Å². The molecule has 1 spiro atoms. The van der Waals surface area contributed by atoms with Gasteiger partial charge in [0.25, 0.3) is 6.47 Å². The van der Waals surface area contributed by atoms with Crippen LogP contribution in [0.5, 0.6) is 0 Å². The van der Waals surface area contributed by atoms with E-state index in [4.69, 9.17) is 9.90 Å². The number of pyridine rings is 1. The summed E-state index contributed by atoms with van der Waals surface area (Å²) >= 11 is 0. The normalized spacial score (nSPS) is 23.2. The second kappa shape index (κ2) is 10.0. The van der Waals surface area contributed by atoms with Crippen LogP contribution >= 0.6 is 0 Å². The number of hydrogen-bond donors (Lipinski definition) is 2. The van der Waals surface area contributed by atoms with Gasteiger partial charge in [-0.05, 0) is 42.5 Å². The van der Waals surface area contributed by atoms with Gasteiger partial charge >= 0.3 is 0 Å². The van der Waals surface area contributed by atoms with Crippen LogP contribution in [0.2, 0.25) is 0 Å². The number of nitrogens with one attached hydrogen (secondary N) is 1. The van der Waals surface area contributed by atoms with Gasteiger partial charge in [-0.3, -0.25) is 24.2 Å². The highest BCUT2D eigenvalue weighted by atomic mass is 16.3. The molecule has 4 heterocycles. The van der Waals surface area contributed by atoms with Crippen molar-refractivity contribution in [2.75, 3.05) is 25.0 Å². The fraction of sp³-hybridized carbons (Fsp3) is 0.400.